The number of azide groups is 1. The first-order valence-electron chi connectivity index (χ1n) is 7.76. The van der Waals surface area contributed by atoms with Gasteiger partial charge in [0.05, 0.1) is 12.6 Å². The summed E-state index contributed by atoms with van der Waals surface area (Å²) in [5.74, 6) is 0.737. The minimum atomic E-state index is -1.21. The van der Waals surface area contributed by atoms with Gasteiger partial charge < -0.3 is 9.29 Å². The molecule has 8 heteroatoms. The molecule has 0 fully saturated rings. The van der Waals surface area contributed by atoms with E-state index in [-0.39, 0.29) is 17.3 Å². The van der Waals surface area contributed by atoms with Crippen molar-refractivity contribution in [3.8, 4) is 5.75 Å². The molecule has 0 unspecified atom stereocenters. The van der Waals surface area contributed by atoms with Crippen LogP contribution in [-0.4, -0.2) is 21.4 Å². The van der Waals surface area contributed by atoms with Gasteiger partial charge in [0.1, 0.15) is 16.1 Å². The SMILES string of the molecule is C[C@@H](N[S@+]([O-])C(C)(C)C)c1cc(Cl)cc2c1O[C@@](C)(CN=[N+]=[N-])C2. The van der Waals surface area contributed by atoms with Crippen LogP contribution >= 0.6 is 11.6 Å². The highest BCUT2D eigenvalue weighted by Crippen LogP contribution is 2.42. The molecule has 1 heterocycles. The second-order valence-electron chi connectivity index (χ2n) is 7.32. The van der Waals surface area contributed by atoms with E-state index in [1.807, 2.05) is 46.8 Å². The maximum atomic E-state index is 12.4. The lowest BCUT2D eigenvalue weighted by atomic mass is 9.97. The molecule has 132 valence electrons. The van der Waals surface area contributed by atoms with E-state index < -0.39 is 17.0 Å². The van der Waals surface area contributed by atoms with Gasteiger partial charge in [-0.15, -0.1) is 4.72 Å². The van der Waals surface area contributed by atoms with E-state index >= 15 is 0 Å². The lowest BCUT2D eigenvalue weighted by Gasteiger charge is -2.28. The monoisotopic (exact) mass is 370 g/mol. The second-order valence-corrected chi connectivity index (χ2v) is 9.76. The molecule has 0 spiro atoms. The molecule has 0 saturated heterocycles. The van der Waals surface area contributed by atoms with Crippen LogP contribution in [0, 0.1) is 0 Å². The number of fused-ring (bicyclic) bond motifs is 1. The van der Waals surface area contributed by atoms with Gasteiger partial charge in [0.2, 0.25) is 0 Å². The fraction of sp³-hybridized carbons (Fsp3) is 0.625. The summed E-state index contributed by atoms with van der Waals surface area (Å²) in [6.45, 7) is 9.83. The molecule has 1 aliphatic heterocycles. The molecule has 24 heavy (non-hydrogen) atoms. The summed E-state index contributed by atoms with van der Waals surface area (Å²) in [6.07, 6.45) is 0.615. The Labute approximate surface area is 150 Å². The van der Waals surface area contributed by atoms with Gasteiger partial charge in [-0.25, -0.2) is 0 Å². The van der Waals surface area contributed by atoms with Crippen LogP contribution in [0.2, 0.25) is 5.02 Å². The van der Waals surface area contributed by atoms with Crippen molar-refractivity contribution < 1.29 is 9.29 Å². The van der Waals surface area contributed by atoms with Crippen molar-refractivity contribution >= 4 is 23.0 Å². The van der Waals surface area contributed by atoms with E-state index in [0.717, 1.165) is 16.9 Å². The lowest BCUT2D eigenvalue weighted by Crippen LogP contribution is -2.40. The third-order valence-electron chi connectivity index (χ3n) is 3.85. The minimum absolute atomic E-state index is 0.195. The highest BCUT2D eigenvalue weighted by atomic mass is 35.5. The average molecular weight is 371 g/mol. The largest absolute Gasteiger partial charge is 0.598 e. The number of ether oxygens (including phenoxy) is 1. The first-order chi connectivity index (χ1) is 11.1. The van der Waals surface area contributed by atoms with Crippen molar-refractivity contribution in [2.24, 2.45) is 5.11 Å². The van der Waals surface area contributed by atoms with Crippen LogP contribution in [0.1, 0.15) is 51.8 Å². The molecule has 0 amide bonds. The van der Waals surface area contributed by atoms with E-state index in [1.54, 1.807) is 0 Å². The van der Waals surface area contributed by atoms with Crippen molar-refractivity contribution in [1.29, 1.82) is 0 Å². The van der Waals surface area contributed by atoms with E-state index in [9.17, 15) is 4.55 Å². The molecular formula is C16H23ClN4O2S. The number of rotatable bonds is 5. The summed E-state index contributed by atoms with van der Waals surface area (Å²) in [4.78, 5) is 2.82. The number of benzene rings is 1. The molecular weight excluding hydrogens is 348 g/mol. The van der Waals surface area contributed by atoms with Gasteiger partial charge in [0, 0.05) is 33.3 Å². The van der Waals surface area contributed by atoms with Crippen LogP contribution in [0.5, 0.6) is 5.75 Å². The molecule has 1 aromatic carbocycles. The maximum absolute atomic E-state index is 12.4. The van der Waals surface area contributed by atoms with Crippen molar-refractivity contribution in [2.45, 2.75) is 57.4 Å². The van der Waals surface area contributed by atoms with Crippen LogP contribution in [-0.2, 0) is 17.8 Å². The highest BCUT2D eigenvalue weighted by molar-refractivity contribution is 7.90. The Morgan fingerprint density at radius 3 is 2.79 bits per heavy atom. The number of nitrogens with one attached hydrogen (secondary N) is 1. The number of nitrogens with zero attached hydrogens (tertiary/aromatic N) is 3. The molecule has 0 saturated carbocycles. The fourth-order valence-corrected chi connectivity index (χ4v) is 3.66. The quantitative estimate of drug-likeness (QED) is 0.359. The summed E-state index contributed by atoms with van der Waals surface area (Å²) >= 11 is 5.05. The van der Waals surface area contributed by atoms with Crippen molar-refractivity contribution in [1.82, 2.24) is 4.72 Å². The van der Waals surface area contributed by atoms with Gasteiger partial charge >= 0.3 is 0 Å². The zero-order valence-corrected chi connectivity index (χ0v) is 16.2. The van der Waals surface area contributed by atoms with Crippen molar-refractivity contribution in [2.75, 3.05) is 6.54 Å². The van der Waals surface area contributed by atoms with Gasteiger partial charge in [-0.05, 0) is 57.8 Å². The van der Waals surface area contributed by atoms with E-state index in [1.165, 1.54) is 0 Å². The Kier molecular flexibility index (Phi) is 5.62. The topological polar surface area (TPSA) is 93.1 Å². The maximum Gasteiger partial charge on any atom is 0.136 e. The summed E-state index contributed by atoms with van der Waals surface area (Å²) in [6, 6.07) is 3.51. The van der Waals surface area contributed by atoms with Crippen LogP contribution in [0.25, 0.3) is 10.4 Å². The standard InChI is InChI=1S/C16H23ClN4O2S/c1-10(20-24(22)15(2,3)4)13-7-12(17)6-11-8-16(5,9-19-21-18)23-14(11)13/h6-7,10,20H,8-9H2,1-5H3/t10-,16-,24-/m1/s1. The third-order valence-corrected chi connectivity index (χ3v) is 5.75. The van der Waals surface area contributed by atoms with Crippen molar-refractivity contribution in [3.63, 3.8) is 0 Å². The second kappa shape index (κ2) is 7.02. The zero-order valence-electron chi connectivity index (χ0n) is 14.6. The first-order valence-corrected chi connectivity index (χ1v) is 9.29. The Morgan fingerprint density at radius 2 is 2.21 bits per heavy atom. The zero-order chi connectivity index (χ0) is 18.1. The lowest BCUT2D eigenvalue weighted by molar-refractivity contribution is 0.124. The Hall–Kier alpha value is -1.11. The first kappa shape index (κ1) is 19.2. The normalized spacial score (nSPS) is 22.3. The predicted molar refractivity (Wildman–Crippen MR) is 97.6 cm³/mol. The van der Waals surface area contributed by atoms with Gasteiger partial charge in [-0.1, -0.05) is 16.7 Å². The summed E-state index contributed by atoms with van der Waals surface area (Å²) < 4.78 is 21.2. The number of halogens is 1. The smallest absolute Gasteiger partial charge is 0.136 e. The molecule has 6 nitrogen and oxygen atoms in total. The Balaban J connectivity index is 2.30. The Morgan fingerprint density at radius 1 is 1.54 bits per heavy atom. The van der Waals surface area contributed by atoms with Crippen LogP contribution in [0.4, 0.5) is 0 Å². The summed E-state index contributed by atoms with van der Waals surface area (Å²) in [7, 11) is 0. The van der Waals surface area contributed by atoms with Gasteiger partial charge in [0.25, 0.3) is 0 Å². The van der Waals surface area contributed by atoms with Crippen LogP contribution < -0.4 is 9.46 Å². The predicted octanol–water partition coefficient (Wildman–Crippen LogP) is 4.46. The number of hydrogen-bond donors (Lipinski definition) is 1. The molecule has 3 atom stereocenters. The molecule has 1 aromatic rings. The molecule has 2 rings (SSSR count). The minimum Gasteiger partial charge on any atom is -0.598 e. The van der Waals surface area contributed by atoms with E-state index in [2.05, 4.69) is 14.7 Å². The Bertz CT molecular complexity index is 673. The third kappa shape index (κ3) is 4.29. The fourth-order valence-electron chi connectivity index (χ4n) is 2.61. The van der Waals surface area contributed by atoms with Crippen LogP contribution in [0.3, 0.4) is 0 Å². The van der Waals surface area contributed by atoms with Gasteiger partial charge in [0.15, 0.2) is 0 Å². The van der Waals surface area contributed by atoms with Crippen molar-refractivity contribution in [3.05, 3.63) is 38.7 Å². The van der Waals surface area contributed by atoms with Gasteiger partial charge in [-0.3, -0.25) is 0 Å². The highest BCUT2D eigenvalue weighted by Gasteiger charge is 2.38. The molecule has 0 aromatic heterocycles. The molecule has 0 radical (unpaired) electrons. The molecule has 1 aliphatic rings. The van der Waals surface area contributed by atoms with E-state index in [4.69, 9.17) is 21.9 Å². The molecule has 1 N–H and O–H groups in total. The molecule has 0 bridgehead atoms. The summed E-state index contributed by atoms with van der Waals surface area (Å²) in [5, 5.41) is 4.25. The van der Waals surface area contributed by atoms with E-state index in [0.29, 0.717) is 11.4 Å². The number of hydrogen-bond acceptors (Lipinski definition) is 4. The van der Waals surface area contributed by atoms with Gasteiger partial charge in [-0.2, -0.15) is 0 Å². The average Bonchev–Trinajstić information content (AvgIpc) is 2.79. The van der Waals surface area contributed by atoms with Crippen LogP contribution in [0.15, 0.2) is 17.2 Å². The summed E-state index contributed by atoms with van der Waals surface area (Å²) in [5.41, 5.74) is 9.81. The molecule has 0 aliphatic carbocycles.